The van der Waals surface area contributed by atoms with Crippen molar-refractivity contribution in [2.75, 3.05) is 0 Å². The second-order valence-electron chi connectivity index (χ2n) is 12.0. The summed E-state index contributed by atoms with van der Waals surface area (Å²) >= 11 is 0. The predicted octanol–water partition coefficient (Wildman–Crippen LogP) is 11.0. The van der Waals surface area contributed by atoms with Gasteiger partial charge in [0, 0.05) is 49.0 Å². The molecule has 10 aromatic rings. The summed E-state index contributed by atoms with van der Waals surface area (Å²) in [4.78, 5) is 15.2. The molecule has 0 saturated carbocycles. The maximum Gasteiger partial charge on any atom is 0.164 e. The van der Waals surface area contributed by atoms with E-state index in [1.807, 2.05) is 72.8 Å². The van der Waals surface area contributed by atoms with Gasteiger partial charge in [-0.3, -0.25) is 0 Å². The number of rotatable bonds is 4. The van der Waals surface area contributed by atoms with Crippen molar-refractivity contribution in [3.8, 4) is 39.9 Å². The first-order chi connectivity index (χ1) is 23.8. The van der Waals surface area contributed by atoms with Crippen LogP contribution in [0, 0.1) is 0 Å². The van der Waals surface area contributed by atoms with Crippen LogP contribution in [0.3, 0.4) is 0 Å². The molecule has 0 amide bonds. The van der Waals surface area contributed by atoms with Crippen LogP contribution in [0.5, 0.6) is 0 Å². The van der Waals surface area contributed by atoms with E-state index in [0.717, 1.165) is 66.1 Å². The summed E-state index contributed by atoms with van der Waals surface area (Å²) in [6, 6.07) is 54.3. The fraction of sp³-hybridized carbons (Fsp3) is 0. The number of benzene rings is 7. The van der Waals surface area contributed by atoms with Crippen molar-refractivity contribution < 1.29 is 4.42 Å². The maximum absolute atomic E-state index is 6.72. The number of fused-ring (bicyclic) bond motifs is 8. The summed E-state index contributed by atoms with van der Waals surface area (Å²) in [6.45, 7) is 0. The maximum atomic E-state index is 6.72. The molecule has 0 radical (unpaired) electrons. The predicted molar refractivity (Wildman–Crippen MR) is 195 cm³/mol. The van der Waals surface area contributed by atoms with Gasteiger partial charge < -0.3 is 8.98 Å². The van der Waals surface area contributed by atoms with Crippen LogP contribution in [-0.4, -0.2) is 19.5 Å². The third-order valence-electron chi connectivity index (χ3n) is 9.24. The average Bonchev–Trinajstić information content (AvgIpc) is 3.70. The lowest BCUT2D eigenvalue weighted by Gasteiger charge is -2.15. The average molecular weight is 615 g/mol. The Kier molecular flexibility index (Phi) is 5.81. The van der Waals surface area contributed by atoms with Crippen molar-refractivity contribution in [1.29, 1.82) is 0 Å². The molecule has 0 fully saturated rings. The van der Waals surface area contributed by atoms with E-state index in [4.69, 9.17) is 19.4 Å². The highest BCUT2D eigenvalue weighted by molar-refractivity contribution is 6.22. The minimum absolute atomic E-state index is 0.592. The Morgan fingerprint density at radius 2 is 0.938 bits per heavy atom. The molecular formula is C43H26N4O. The molecule has 0 bridgehead atoms. The van der Waals surface area contributed by atoms with E-state index in [9.17, 15) is 0 Å². The largest absolute Gasteiger partial charge is 0.455 e. The topological polar surface area (TPSA) is 56.7 Å². The number of para-hydroxylation sites is 3. The van der Waals surface area contributed by atoms with E-state index in [0.29, 0.717) is 17.5 Å². The summed E-state index contributed by atoms with van der Waals surface area (Å²) < 4.78 is 9.11. The zero-order valence-electron chi connectivity index (χ0n) is 25.7. The van der Waals surface area contributed by atoms with E-state index in [-0.39, 0.29) is 0 Å². The van der Waals surface area contributed by atoms with Crippen molar-refractivity contribution in [3.63, 3.8) is 0 Å². The lowest BCUT2D eigenvalue weighted by molar-refractivity contribution is 0.672. The van der Waals surface area contributed by atoms with Crippen LogP contribution in [0.15, 0.2) is 162 Å². The minimum Gasteiger partial charge on any atom is -0.455 e. The quantitative estimate of drug-likeness (QED) is 0.198. The van der Waals surface area contributed by atoms with Crippen LogP contribution >= 0.6 is 0 Å². The van der Waals surface area contributed by atoms with E-state index >= 15 is 0 Å². The van der Waals surface area contributed by atoms with Crippen LogP contribution in [-0.2, 0) is 0 Å². The zero-order valence-corrected chi connectivity index (χ0v) is 25.7. The Balaban J connectivity index is 1.36. The molecular weight excluding hydrogens is 589 g/mol. The molecule has 48 heavy (non-hydrogen) atoms. The highest BCUT2D eigenvalue weighted by Crippen LogP contribution is 2.43. The standard InChI is InChI=1S/C43H26N4O/c1-3-14-27(15-4-1)41-44-42(28-16-5-2-6-17-28)46-43(45-41)33-22-13-21-32-37(26-34-31-20-9-12-25-38(31)48-40(34)39(32)33)47-35-23-10-7-18-29(35)30-19-8-11-24-36(30)47/h1-26H. The second-order valence-corrected chi connectivity index (χ2v) is 12.0. The molecule has 0 atom stereocenters. The second kappa shape index (κ2) is 10.5. The molecule has 0 unspecified atom stereocenters. The van der Waals surface area contributed by atoms with Crippen molar-refractivity contribution in [2.24, 2.45) is 0 Å². The molecule has 0 N–H and O–H groups in total. The van der Waals surface area contributed by atoms with E-state index < -0.39 is 0 Å². The highest BCUT2D eigenvalue weighted by Gasteiger charge is 2.22. The lowest BCUT2D eigenvalue weighted by Crippen LogP contribution is -2.01. The van der Waals surface area contributed by atoms with Gasteiger partial charge in [-0.1, -0.05) is 133 Å². The third-order valence-corrected chi connectivity index (χ3v) is 9.24. The monoisotopic (exact) mass is 614 g/mol. The zero-order chi connectivity index (χ0) is 31.6. The molecule has 5 heteroatoms. The van der Waals surface area contributed by atoms with Gasteiger partial charge in [-0.15, -0.1) is 0 Å². The fourth-order valence-electron chi connectivity index (χ4n) is 7.10. The van der Waals surface area contributed by atoms with Gasteiger partial charge in [-0.05, 0) is 24.3 Å². The molecule has 224 valence electrons. The van der Waals surface area contributed by atoms with E-state index in [1.165, 1.54) is 10.8 Å². The molecule has 3 heterocycles. The fourth-order valence-corrected chi connectivity index (χ4v) is 7.10. The van der Waals surface area contributed by atoms with Crippen LogP contribution < -0.4 is 0 Å². The Bertz CT molecular complexity index is 2720. The number of aromatic nitrogens is 4. The summed E-state index contributed by atoms with van der Waals surface area (Å²) in [5.41, 5.74) is 7.77. The lowest BCUT2D eigenvalue weighted by atomic mass is 9.98. The Labute approximate surface area is 275 Å². The van der Waals surface area contributed by atoms with Gasteiger partial charge in [-0.25, -0.2) is 15.0 Å². The van der Waals surface area contributed by atoms with Crippen molar-refractivity contribution in [3.05, 3.63) is 158 Å². The summed E-state index contributed by atoms with van der Waals surface area (Å²) in [5.74, 6) is 1.83. The molecule has 0 aliphatic heterocycles. The van der Waals surface area contributed by atoms with Crippen LogP contribution in [0.2, 0.25) is 0 Å². The first-order valence-corrected chi connectivity index (χ1v) is 16.0. The van der Waals surface area contributed by atoms with Crippen molar-refractivity contribution in [1.82, 2.24) is 19.5 Å². The molecule has 7 aromatic carbocycles. The van der Waals surface area contributed by atoms with Gasteiger partial charge in [0.15, 0.2) is 17.5 Å². The summed E-state index contributed by atoms with van der Waals surface area (Å²) in [5, 5.41) is 6.56. The van der Waals surface area contributed by atoms with Crippen LogP contribution in [0.4, 0.5) is 0 Å². The number of furan rings is 1. The van der Waals surface area contributed by atoms with E-state index in [1.54, 1.807) is 0 Å². The van der Waals surface area contributed by atoms with Gasteiger partial charge in [0.25, 0.3) is 0 Å². The first kappa shape index (κ1) is 26.6. The number of hydrogen-bond acceptors (Lipinski definition) is 4. The normalized spacial score (nSPS) is 11.8. The number of hydrogen-bond donors (Lipinski definition) is 0. The Hall–Kier alpha value is -6.59. The van der Waals surface area contributed by atoms with Crippen molar-refractivity contribution in [2.45, 2.75) is 0 Å². The SMILES string of the molecule is c1ccc(-c2nc(-c3ccccc3)nc(-c3cccc4c(-n5c6ccccc6c6ccccc65)cc5c6ccccc6oc5c34)n2)cc1. The Morgan fingerprint density at radius 3 is 1.58 bits per heavy atom. The molecule has 0 aliphatic carbocycles. The molecule has 10 rings (SSSR count). The smallest absolute Gasteiger partial charge is 0.164 e. The molecule has 3 aromatic heterocycles. The summed E-state index contributed by atoms with van der Waals surface area (Å²) in [6.07, 6.45) is 0. The Morgan fingerprint density at radius 1 is 0.417 bits per heavy atom. The molecule has 0 aliphatic rings. The van der Waals surface area contributed by atoms with Gasteiger partial charge in [-0.2, -0.15) is 0 Å². The van der Waals surface area contributed by atoms with Gasteiger partial charge in [0.1, 0.15) is 11.2 Å². The highest BCUT2D eigenvalue weighted by atomic mass is 16.3. The van der Waals surface area contributed by atoms with E-state index in [2.05, 4.69) is 89.5 Å². The van der Waals surface area contributed by atoms with Gasteiger partial charge in [0.2, 0.25) is 0 Å². The minimum atomic E-state index is 0.592. The summed E-state index contributed by atoms with van der Waals surface area (Å²) in [7, 11) is 0. The third kappa shape index (κ3) is 4.01. The van der Waals surface area contributed by atoms with Crippen LogP contribution in [0.1, 0.15) is 0 Å². The number of nitrogens with zero attached hydrogens (tertiary/aromatic N) is 4. The molecule has 5 nitrogen and oxygen atoms in total. The van der Waals surface area contributed by atoms with Gasteiger partial charge >= 0.3 is 0 Å². The first-order valence-electron chi connectivity index (χ1n) is 16.0. The van der Waals surface area contributed by atoms with Gasteiger partial charge in [0.05, 0.1) is 16.7 Å². The van der Waals surface area contributed by atoms with Crippen molar-refractivity contribution >= 4 is 54.5 Å². The molecule has 0 saturated heterocycles. The van der Waals surface area contributed by atoms with Crippen LogP contribution in [0.25, 0.3) is 94.4 Å². The molecule has 0 spiro atoms.